The average molecular weight is 468 g/mol. The molecule has 1 aliphatic rings. The van der Waals surface area contributed by atoms with Gasteiger partial charge in [0.25, 0.3) is 0 Å². The van der Waals surface area contributed by atoms with E-state index in [4.69, 9.17) is 9.47 Å². The van der Waals surface area contributed by atoms with Crippen LogP contribution in [-0.2, 0) is 4.74 Å². The summed E-state index contributed by atoms with van der Waals surface area (Å²) in [6.07, 6.45) is 0. The Hall–Kier alpha value is -4.43. The van der Waals surface area contributed by atoms with E-state index in [1.54, 1.807) is 12.1 Å². The van der Waals surface area contributed by atoms with E-state index in [1.807, 2.05) is 78.9 Å². The van der Waals surface area contributed by atoms with Crippen molar-refractivity contribution in [3.05, 3.63) is 91.0 Å². The molecule has 1 aromatic heterocycles. The van der Waals surface area contributed by atoms with Crippen molar-refractivity contribution in [2.24, 2.45) is 0 Å². The van der Waals surface area contributed by atoms with Crippen molar-refractivity contribution < 1.29 is 14.3 Å². The first-order chi connectivity index (χ1) is 17.2. The summed E-state index contributed by atoms with van der Waals surface area (Å²) in [5, 5.41) is 14.4. The van der Waals surface area contributed by atoms with Crippen LogP contribution in [0, 0.1) is 0 Å². The average Bonchev–Trinajstić information content (AvgIpc) is 2.91. The molecule has 4 aromatic rings. The van der Waals surface area contributed by atoms with E-state index in [0.29, 0.717) is 30.3 Å². The number of ether oxygens (including phenoxy) is 2. The SMILES string of the molecule is O=C(Nc1ccc(Oc2ccccc2)cc1)Nc1cccc(-c2ccc(N3CCOCC3)nn2)c1. The minimum absolute atomic E-state index is 0.340. The van der Waals surface area contributed by atoms with E-state index in [9.17, 15) is 4.79 Å². The molecule has 0 atom stereocenters. The highest BCUT2D eigenvalue weighted by molar-refractivity contribution is 6.00. The van der Waals surface area contributed by atoms with Crippen molar-refractivity contribution >= 4 is 23.2 Å². The summed E-state index contributed by atoms with van der Waals surface area (Å²) < 4.78 is 11.2. The van der Waals surface area contributed by atoms with E-state index in [1.165, 1.54) is 0 Å². The van der Waals surface area contributed by atoms with E-state index in [0.717, 1.165) is 35.9 Å². The van der Waals surface area contributed by atoms with Crippen LogP contribution in [-0.4, -0.2) is 42.5 Å². The Morgan fingerprint density at radius 2 is 1.51 bits per heavy atom. The van der Waals surface area contributed by atoms with Crippen LogP contribution in [0.1, 0.15) is 0 Å². The molecule has 2 N–H and O–H groups in total. The molecule has 1 aliphatic heterocycles. The molecule has 35 heavy (non-hydrogen) atoms. The van der Waals surface area contributed by atoms with Gasteiger partial charge in [0.15, 0.2) is 5.82 Å². The largest absolute Gasteiger partial charge is 0.457 e. The molecular formula is C27H25N5O3. The lowest BCUT2D eigenvalue weighted by atomic mass is 10.1. The second kappa shape index (κ2) is 10.7. The molecule has 0 spiro atoms. The normalized spacial score (nSPS) is 13.2. The Morgan fingerprint density at radius 1 is 0.771 bits per heavy atom. The molecule has 0 unspecified atom stereocenters. The summed E-state index contributed by atoms with van der Waals surface area (Å²) >= 11 is 0. The highest BCUT2D eigenvalue weighted by atomic mass is 16.5. The molecule has 5 rings (SSSR count). The molecule has 0 radical (unpaired) electrons. The number of carbonyl (C=O) groups excluding carboxylic acids is 1. The predicted octanol–water partition coefficient (Wildman–Crippen LogP) is 5.42. The zero-order valence-corrected chi connectivity index (χ0v) is 19.1. The van der Waals surface area contributed by atoms with Crippen molar-refractivity contribution in [3.63, 3.8) is 0 Å². The number of nitrogens with one attached hydrogen (secondary N) is 2. The van der Waals surface area contributed by atoms with E-state index < -0.39 is 0 Å². The van der Waals surface area contributed by atoms with E-state index in [2.05, 4.69) is 25.7 Å². The number of rotatable bonds is 6. The Labute approximate surface area is 203 Å². The minimum atomic E-state index is -0.340. The molecule has 2 amide bonds. The summed E-state index contributed by atoms with van der Waals surface area (Å²) in [4.78, 5) is 14.7. The third-order valence-corrected chi connectivity index (χ3v) is 5.49. The van der Waals surface area contributed by atoms with Crippen LogP contribution in [0.4, 0.5) is 22.0 Å². The van der Waals surface area contributed by atoms with Gasteiger partial charge in [-0.1, -0.05) is 30.3 Å². The van der Waals surface area contributed by atoms with Gasteiger partial charge in [0, 0.05) is 30.0 Å². The number of nitrogens with zero attached hydrogens (tertiary/aromatic N) is 3. The highest BCUT2D eigenvalue weighted by Gasteiger charge is 2.13. The number of amides is 2. The second-order valence-electron chi connectivity index (χ2n) is 7.98. The van der Waals surface area contributed by atoms with Gasteiger partial charge in [0.05, 0.1) is 18.9 Å². The van der Waals surface area contributed by atoms with Crippen molar-refractivity contribution in [1.29, 1.82) is 0 Å². The van der Waals surface area contributed by atoms with Crippen LogP contribution >= 0.6 is 0 Å². The van der Waals surface area contributed by atoms with Crippen LogP contribution in [0.5, 0.6) is 11.5 Å². The number of morpholine rings is 1. The first-order valence-corrected chi connectivity index (χ1v) is 11.4. The minimum Gasteiger partial charge on any atom is -0.457 e. The molecule has 1 fully saturated rings. The summed E-state index contributed by atoms with van der Waals surface area (Å²) in [6.45, 7) is 3.02. The van der Waals surface area contributed by atoms with Gasteiger partial charge in [-0.25, -0.2) is 4.79 Å². The monoisotopic (exact) mass is 467 g/mol. The van der Waals surface area contributed by atoms with Gasteiger partial charge in [0.2, 0.25) is 0 Å². The molecule has 0 aliphatic carbocycles. The van der Waals surface area contributed by atoms with Crippen molar-refractivity contribution in [2.45, 2.75) is 0 Å². The zero-order chi connectivity index (χ0) is 23.9. The molecular weight excluding hydrogens is 442 g/mol. The lowest BCUT2D eigenvalue weighted by Gasteiger charge is -2.27. The Balaban J connectivity index is 1.19. The third-order valence-electron chi connectivity index (χ3n) is 5.49. The number of benzene rings is 3. The molecule has 176 valence electrons. The number of anilines is 3. The fourth-order valence-corrected chi connectivity index (χ4v) is 3.72. The van der Waals surface area contributed by atoms with Crippen LogP contribution < -0.4 is 20.3 Å². The van der Waals surface area contributed by atoms with Gasteiger partial charge < -0.3 is 25.0 Å². The van der Waals surface area contributed by atoms with Crippen LogP contribution in [0.15, 0.2) is 91.0 Å². The van der Waals surface area contributed by atoms with E-state index in [-0.39, 0.29) is 6.03 Å². The fraction of sp³-hybridized carbons (Fsp3) is 0.148. The number of urea groups is 1. The molecule has 3 aromatic carbocycles. The topological polar surface area (TPSA) is 88.6 Å². The summed E-state index contributed by atoms with van der Waals surface area (Å²) in [5.41, 5.74) is 2.91. The Bertz CT molecular complexity index is 1260. The molecule has 8 nitrogen and oxygen atoms in total. The van der Waals surface area contributed by atoms with Crippen LogP contribution in [0.3, 0.4) is 0 Å². The van der Waals surface area contributed by atoms with Gasteiger partial charge in [-0.05, 0) is 60.7 Å². The van der Waals surface area contributed by atoms with Gasteiger partial charge in [-0.3, -0.25) is 0 Å². The molecule has 0 bridgehead atoms. The molecule has 0 saturated carbocycles. The van der Waals surface area contributed by atoms with Gasteiger partial charge >= 0.3 is 6.03 Å². The van der Waals surface area contributed by atoms with Crippen LogP contribution in [0.2, 0.25) is 0 Å². The summed E-state index contributed by atoms with van der Waals surface area (Å²) in [7, 11) is 0. The maximum atomic E-state index is 12.5. The van der Waals surface area contributed by atoms with Crippen LogP contribution in [0.25, 0.3) is 11.3 Å². The zero-order valence-electron chi connectivity index (χ0n) is 19.1. The molecule has 2 heterocycles. The van der Waals surface area contributed by atoms with Crippen molar-refractivity contribution in [1.82, 2.24) is 10.2 Å². The molecule has 1 saturated heterocycles. The first kappa shape index (κ1) is 22.4. The first-order valence-electron chi connectivity index (χ1n) is 11.4. The summed E-state index contributed by atoms with van der Waals surface area (Å²) in [5.74, 6) is 2.28. The predicted molar refractivity (Wildman–Crippen MR) is 136 cm³/mol. The fourth-order valence-electron chi connectivity index (χ4n) is 3.72. The van der Waals surface area contributed by atoms with Gasteiger partial charge in [-0.2, -0.15) is 0 Å². The number of carbonyl (C=O) groups is 1. The van der Waals surface area contributed by atoms with E-state index >= 15 is 0 Å². The second-order valence-corrected chi connectivity index (χ2v) is 7.98. The maximum Gasteiger partial charge on any atom is 0.323 e. The van der Waals surface area contributed by atoms with Gasteiger partial charge in [0.1, 0.15) is 11.5 Å². The lowest BCUT2D eigenvalue weighted by molar-refractivity contribution is 0.122. The highest BCUT2D eigenvalue weighted by Crippen LogP contribution is 2.24. The smallest absolute Gasteiger partial charge is 0.323 e. The quantitative estimate of drug-likeness (QED) is 0.394. The number of hydrogen-bond donors (Lipinski definition) is 2. The number of hydrogen-bond acceptors (Lipinski definition) is 6. The van der Waals surface area contributed by atoms with Crippen molar-refractivity contribution in [3.8, 4) is 22.8 Å². The Kier molecular flexibility index (Phi) is 6.82. The standard InChI is InChI=1S/C27H25N5O3/c33-27(28-21-9-11-24(12-10-21)35-23-7-2-1-3-8-23)29-22-6-4-5-20(19-22)25-13-14-26(31-30-25)32-15-17-34-18-16-32/h1-14,19H,15-18H2,(H2,28,29,33). The number of para-hydroxylation sites is 1. The number of aromatic nitrogens is 2. The summed E-state index contributed by atoms with van der Waals surface area (Å²) in [6, 6.07) is 27.8. The lowest BCUT2D eigenvalue weighted by Crippen LogP contribution is -2.36. The Morgan fingerprint density at radius 3 is 2.26 bits per heavy atom. The maximum absolute atomic E-state index is 12.5. The molecule has 8 heteroatoms. The third kappa shape index (κ3) is 5.93. The van der Waals surface area contributed by atoms with Crippen molar-refractivity contribution in [2.75, 3.05) is 41.8 Å². The van der Waals surface area contributed by atoms with Gasteiger partial charge in [-0.15, -0.1) is 10.2 Å².